The van der Waals surface area contributed by atoms with Crippen molar-refractivity contribution in [2.75, 3.05) is 6.61 Å². The van der Waals surface area contributed by atoms with Crippen molar-refractivity contribution in [1.29, 1.82) is 0 Å². The molecule has 0 heterocycles. The molecule has 0 aromatic heterocycles. The molecule has 0 aromatic carbocycles. The summed E-state index contributed by atoms with van der Waals surface area (Å²) >= 11 is 6.24. The molecule has 0 rings (SSSR count). The molecule has 4 heteroatoms. The molecule has 0 radical (unpaired) electrons. The lowest BCUT2D eigenvalue weighted by Crippen LogP contribution is -2.02. The van der Waals surface area contributed by atoms with Gasteiger partial charge in [0, 0.05) is 4.48 Å². The number of hydrogen-bond donors (Lipinski definition) is 0. The number of carbonyl (C=O) groups is 1. The van der Waals surface area contributed by atoms with Crippen molar-refractivity contribution >= 4 is 37.8 Å². The number of rotatable bonds is 3. The van der Waals surface area contributed by atoms with Crippen LogP contribution in [0.15, 0.2) is 9.47 Å². The lowest BCUT2D eigenvalue weighted by molar-refractivity contribution is -0.142. The average Bonchev–Trinajstić information content (AvgIpc) is 1.88. The van der Waals surface area contributed by atoms with E-state index >= 15 is 0 Å². The molecular weight excluding hydrogens is 264 g/mol. The summed E-state index contributed by atoms with van der Waals surface area (Å²) in [4.78, 5) is 12.3. The van der Waals surface area contributed by atoms with E-state index in [0.717, 1.165) is 4.48 Å². The number of ether oxygens (including phenoxy) is 1. The van der Waals surface area contributed by atoms with Crippen molar-refractivity contribution in [1.82, 2.24) is 0 Å². The van der Waals surface area contributed by atoms with E-state index < -0.39 is 0 Å². The minimum atomic E-state index is -0.218. The first-order valence-corrected chi connectivity index (χ1v) is 4.52. The first kappa shape index (κ1) is 10.2. The molecule has 0 atom stereocenters. The number of hydrogen-bond acceptors (Lipinski definition) is 2. The molecule has 0 unspecified atom stereocenters. The normalized spacial score (nSPS) is 11.3. The topological polar surface area (TPSA) is 26.3 Å². The molecule has 0 spiro atoms. The van der Waals surface area contributed by atoms with Gasteiger partial charge >= 0.3 is 5.97 Å². The van der Waals surface area contributed by atoms with Crippen LogP contribution < -0.4 is 0 Å². The fourth-order valence-corrected chi connectivity index (χ4v) is 0.779. The van der Waals surface area contributed by atoms with E-state index in [1.165, 1.54) is 0 Å². The van der Waals surface area contributed by atoms with Crippen LogP contribution in [0.3, 0.4) is 0 Å². The van der Waals surface area contributed by atoms with Gasteiger partial charge in [0.1, 0.15) is 0 Å². The van der Waals surface area contributed by atoms with Gasteiger partial charge in [-0.15, -0.1) is 0 Å². The minimum absolute atomic E-state index is 0.218. The smallest absolute Gasteiger partial charge is 0.310 e. The van der Waals surface area contributed by atoms with Crippen LogP contribution in [0.4, 0.5) is 0 Å². The summed E-state index contributed by atoms with van der Waals surface area (Å²) in [5, 5.41) is 0. The van der Waals surface area contributed by atoms with Crippen LogP contribution in [0.2, 0.25) is 0 Å². The average molecular weight is 272 g/mol. The van der Waals surface area contributed by atoms with Gasteiger partial charge in [-0.25, -0.2) is 0 Å². The third-order valence-corrected chi connectivity index (χ3v) is 2.41. The van der Waals surface area contributed by atoms with E-state index in [4.69, 9.17) is 0 Å². The Morgan fingerprint density at radius 2 is 2.30 bits per heavy atom. The van der Waals surface area contributed by atoms with Crippen molar-refractivity contribution < 1.29 is 9.53 Å². The number of esters is 1. The van der Waals surface area contributed by atoms with Gasteiger partial charge in [0.15, 0.2) is 0 Å². The highest BCUT2D eigenvalue weighted by Crippen LogP contribution is 2.12. The molecule has 0 amide bonds. The third kappa shape index (κ3) is 4.99. The molecule has 0 N–H and O–H groups in total. The van der Waals surface area contributed by atoms with Crippen LogP contribution in [0.5, 0.6) is 0 Å². The van der Waals surface area contributed by atoms with E-state index in [1.54, 1.807) is 11.9 Å². The minimum Gasteiger partial charge on any atom is -0.466 e. The molecule has 0 aliphatic rings. The molecule has 0 saturated heterocycles. The molecule has 2 nitrogen and oxygen atoms in total. The zero-order valence-electron chi connectivity index (χ0n) is 5.56. The van der Waals surface area contributed by atoms with Gasteiger partial charge in [0.05, 0.1) is 13.0 Å². The van der Waals surface area contributed by atoms with Crippen molar-refractivity contribution in [2.24, 2.45) is 0 Å². The van der Waals surface area contributed by atoms with E-state index in [0.29, 0.717) is 13.0 Å². The van der Waals surface area contributed by atoms with Gasteiger partial charge in [0.2, 0.25) is 0 Å². The van der Waals surface area contributed by atoms with Crippen LogP contribution >= 0.6 is 31.9 Å². The van der Waals surface area contributed by atoms with Gasteiger partial charge in [-0.3, -0.25) is 4.79 Å². The highest BCUT2D eigenvalue weighted by molar-refractivity contribution is 9.14. The Morgan fingerprint density at radius 3 is 2.70 bits per heavy atom. The second-order valence-corrected chi connectivity index (χ2v) is 3.01. The highest BCUT2D eigenvalue weighted by Gasteiger charge is 2.02. The summed E-state index contributed by atoms with van der Waals surface area (Å²) in [7, 11) is 0. The standard InChI is InChI=1S/C6H8Br2O2/c1-2-10-6(9)3-5(8)4-7/h4H,2-3H2,1H3. The van der Waals surface area contributed by atoms with E-state index in [-0.39, 0.29) is 5.97 Å². The lowest BCUT2D eigenvalue weighted by atomic mass is 10.4. The number of halogens is 2. The van der Waals surface area contributed by atoms with Gasteiger partial charge in [0.25, 0.3) is 0 Å². The van der Waals surface area contributed by atoms with Crippen molar-refractivity contribution in [3.63, 3.8) is 0 Å². The van der Waals surface area contributed by atoms with E-state index in [9.17, 15) is 4.79 Å². The Labute approximate surface area is 76.9 Å². The Kier molecular flexibility index (Phi) is 6.02. The second-order valence-electron chi connectivity index (χ2n) is 1.54. The summed E-state index contributed by atoms with van der Waals surface area (Å²) in [6, 6.07) is 0. The summed E-state index contributed by atoms with van der Waals surface area (Å²) in [5.74, 6) is -0.218. The zero-order chi connectivity index (χ0) is 7.98. The van der Waals surface area contributed by atoms with Crippen LogP contribution in [-0.2, 0) is 9.53 Å². The maximum atomic E-state index is 10.7. The lowest BCUT2D eigenvalue weighted by Gasteiger charge is -1.98. The zero-order valence-corrected chi connectivity index (χ0v) is 8.74. The van der Waals surface area contributed by atoms with Gasteiger partial charge in [-0.2, -0.15) is 0 Å². The Morgan fingerprint density at radius 1 is 1.70 bits per heavy atom. The second kappa shape index (κ2) is 5.92. The van der Waals surface area contributed by atoms with Crippen molar-refractivity contribution in [3.05, 3.63) is 9.47 Å². The third-order valence-electron chi connectivity index (χ3n) is 0.737. The van der Waals surface area contributed by atoms with Crippen LogP contribution in [0.25, 0.3) is 0 Å². The van der Waals surface area contributed by atoms with Crippen LogP contribution in [0, 0.1) is 0 Å². The molecule has 58 valence electrons. The molecule has 0 saturated carbocycles. The molecule has 0 aliphatic heterocycles. The molecule has 0 fully saturated rings. The maximum absolute atomic E-state index is 10.7. The van der Waals surface area contributed by atoms with E-state index in [1.807, 2.05) is 0 Å². The fourth-order valence-electron chi connectivity index (χ4n) is 0.388. The Hall–Kier alpha value is 0.170. The first-order chi connectivity index (χ1) is 4.70. The van der Waals surface area contributed by atoms with Gasteiger partial charge in [-0.1, -0.05) is 31.9 Å². The fraction of sp³-hybridized carbons (Fsp3) is 0.500. The van der Waals surface area contributed by atoms with E-state index in [2.05, 4.69) is 36.6 Å². The Balaban J connectivity index is 3.58. The summed E-state index contributed by atoms with van der Waals surface area (Å²) in [6.07, 6.45) is 0.291. The van der Waals surface area contributed by atoms with Crippen molar-refractivity contribution in [2.45, 2.75) is 13.3 Å². The van der Waals surface area contributed by atoms with Crippen LogP contribution in [-0.4, -0.2) is 12.6 Å². The summed E-state index contributed by atoms with van der Waals surface area (Å²) in [5.41, 5.74) is 0. The summed E-state index contributed by atoms with van der Waals surface area (Å²) in [6.45, 7) is 2.21. The quantitative estimate of drug-likeness (QED) is 0.738. The molecule has 0 bridgehead atoms. The first-order valence-electron chi connectivity index (χ1n) is 2.81. The van der Waals surface area contributed by atoms with Crippen molar-refractivity contribution in [3.8, 4) is 0 Å². The monoisotopic (exact) mass is 270 g/mol. The molecule has 0 aromatic rings. The predicted molar refractivity (Wildman–Crippen MR) is 47.2 cm³/mol. The highest BCUT2D eigenvalue weighted by atomic mass is 79.9. The Bertz CT molecular complexity index is 143. The van der Waals surface area contributed by atoms with Gasteiger partial charge in [-0.05, 0) is 11.9 Å². The SMILES string of the molecule is CCOC(=O)CC(Br)=CBr. The molecular formula is C6H8Br2O2. The molecule has 0 aliphatic carbocycles. The van der Waals surface area contributed by atoms with Gasteiger partial charge < -0.3 is 4.74 Å². The number of carbonyl (C=O) groups excluding carboxylic acids is 1. The summed E-state index contributed by atoms with van der Waals surface area (Å²) < 4.78 is 5.47. The molecule has 10 heavy (non-hydrogen) atoms. The maximum Gasteiger partial charge on any atom is 0.310 e. The largest absolute Gasteiger partial charge is 0.466 e. The predicted octanol–water partition coefficient (Wildman–Crippen LogP) is 2.57. The van der Waals surface area contributed by atoms with Crippen LogP contribution in [0.1, 0.15) is 13.3 Å².